The number of anilines is 1. The van der Waals surface area contributed by atoms with Crippen LogP contribution in [0.5, 0.6) is 11.5 Å². The van der Waals surface area contributed by atoms with Crippen molar-refractivity contribution in [3.63, 3.8) is 0 Å². The number of halogens is 4. The fraction of sp³-hybridized carbons (Fsp3) is 0.148. The molecule has 210 valence electrons. The Balaban J connectivity index is 1.57. The highest BCUT2D eigenvalue weighted by molar-refractivity contribution is 7.87. The zero-order chi connectivity index (χ0) is 28.9. The molecule has 0 saturated heterocycles. The topological polar surface area (TPSA) is 98.1 Å². The summed E-state index contributed by atoms with van der Waals surface area (Å²) in [5.74, 6) is -0.289. The first-order valence-electron chi connectivity index (χ1n) is 11.6. The van der Waals surface area contributed by atoms with Crippen LogP contribution in [0.3, 0.4) is 0 Å². The minimum atomic E-state index is -4.52. The monoisotopic (exact) mass is 578 g/mol. The number of amides is 2. The number of carbonyl (C=O) groups excluding carboxylic acids is 1. The smallest absolute Gasteiger partial charge is 0.416 e. The summed E-state index contributed by atoms with van der Waals surface area (Å²) < 4.78 is 93.3. The average molecular weight is 579 g/mol. The first-order valence-corrected chi connectivity index (χ1v) is 13.0. The summed E-state index contributed by atoms with van der Waals surface area (Å²) in [6, 6.07) is 15.0. The van der Waals surface area contributed by atoms with Gasteiger partial charge in [-0.25, -0.2) is 9.18 Å². The SMILES string of the molecule is COc1ccc(CN(Cc2ccco2)C(=O)Nc2ccc(C(F)(F)F)cc2)cc1OS(=O)(=O)c1ccc(F)cc1. The number of carbonyl (C=O) groups is 1. The van der Waals surface area contributed by atoms with Crippen molar-refractivity contribution >= 4 is 21.8 Å². The van der Waals surface area contributed by atoms with Crippen LogP contribution in [0.1, 0.15) is 16.9 Å². The van der Waals surface area contributed by atoms with E-state index in [-0.39, 0.29) is 35.2 Å². The standard InChI is InChI=1S/C27H22F4N2O6S/c1-37-24-13-4-18(15-25(24)39-40(35,36)23-11-7-20(28)8-12-23)16-33(17-22-3-2-14-38-22)26(34)32-21-9-5-19(6-10-21)27(29,30)31/h2-15H,16-17H2,1H3,(H,32,34). The Hall–Kier alpha value is -4.52. The lowest BCUT2D eigenvalue weighted by Gasteiger charge is -2.23. The average Bonchev–Trinajstić information content (AvgIpc) is 3.41. The molecule has 8 nitrogen and oxygen atoms in total. The molecule has 13 heteroatoms. The summed E-state index contributed by atoms with van der Waals surface area (Å²) in [7, 11) is -3.04. The van der Waals surface area contributed by atoms with Gasteiger partial charge in [-0.05, 0) is 78.4 Å². The molecule has 0 aliphatic heterocycles. The van der Waals surface area contributed by atoms with Gasteiger partial charge in [-0.1, -0.05) is 6.07 Å². The largest absolute Gasteiger partial charge is 0.493 e. The summed E-state index contributed by atoms with van der Waals surface area (Å²) in [5.41, 5.74) is -0.301. The number of hydrogen-bond donors (Lipinski definition) is 1. The van der Waals surface area contributed by atoms with Crippen LogP contribution in [0.25, 0.3) is 0 Å². The van der Waals surface area contributed by atoms with E-state index >= 15 is 0 Å². The van der Waals surface area contributed by atoms with E-state index in [0.29, 0.717) is 11.3 Å². The van der Waals surface area contributed by atoms with Crippen LogP contribution in [0, 0.1) is 5.82 Å². The number of urea groups is 1. The van der Waals surface area contributed by atoms with Crippen molar-refractivity contribution in [2.45, 2.75) is 24.2 Å². The number of methoxy groups -OCH3 is 1. The van der Waals surface area contributed by atoms with Crippen molar-refractivity contribution in [1.82, 2.24) is 4.90 Å². The predicted octanol–water partition coefficient (Wildman–Crippen LogP) is 6.45. The molecule has 3 aromatic carbocycles. The predicted molar refractivity (Wildman–Crippen MR) is 136 cm³/mol. The number of benzene rings is 3. The molecular formula is C27H22F4N2O6S. The molecule has 2 amide bonds. The fourth-order valence-corrected chi connectivity index (χ4v) is 4.54. The number of hydrogen-bond acceptors (Lipinski definition) is 6. The molecule has 4 aromatic rings. The van der Waals surface area contributed by atoms with Crippen LogP contribution in [-0.4, -0.2) is 26.5 Å². The number of nitrogens with zero attached hydrogens (tertiary/aromatic N) is 1. The van der Waals surface area contributed by atoms with Crippen LogP contribution < -0.4 is 14.2 Å². The molecule has 0 unspecified atom stereocenters. The molecule has 0 fully saturated rings. The molecule has 0 spiro atoms. The molecule has 1 N–H and O–H groups in total. The van der Waals surface area contributed by atoms with Gasteiger partial charge in [-0.2, -0.15) is 21.6 Å². The maximum atomic E-state index is 13.3. The molecule has 1 heterocycles. The second-order valence-corrected chi connectivity index (χ2v) is 9.96. The minimum Gasteiger partial charge on any atom is -0.493 e. The van der Waals surface area contributed by atoms with Crippen molar-refractivity contribution in [3.8, 4) is 11.5 Å². The first kappa shape index (κ1) is 28.5. The van der Waals surface area contributed by atoms with Gasteiger partial charge in [0.1, 0.15) is 16.5 Å². The van der Waals surface area contributed by atoms with Crippen LogP contribution in [-0.2, 0) is 29.4 Å². The Labute approximate surface area is 226 Å². The third-order valence-electron chi connectivity index (χ3n) is 5.58. The van der Waals surface area contributed by atoms with Crippen LogP contribution in [0.2, 0.25) is 0 Å². The third kappa shape index (κ3) is 7.11. The maximum absolute atomic E-state index is 13.3. The highest BCUT2D eigenvalue weighted by atomic mass is 32.2. The normalized spacial score (nSPS) is 11.6. The van der Waals surface area contributed by atoms with Gasteiger partial charge in [-0.15, -0.1) is 0 Å². The van der Waals surface area contributed by atoms with Gasteiger partial charge >= 0.3 is 22.3 Å². The summed E-state index contributed by atoms with van der Waals surface area (Å²) in [6.45, 7) is -0.0975. The molecule has 0 bridgehead atoms. The van der Waals surface area contributed by atoms with Crippen molar-refractivity contribution in [1.29, 1.82) is 0 Å². The highest BCUT2D eigenvalue weighted by Gasteiger charge is 2.30. The van der Waals surface area contributed by atoms with Crippen molar-refractivity contribution < 1.29 is 44.1 Å². The summed E-state index contributed by atoms with van der Waals surface area (Å²) >= 11 is 0. The highest BCUT2D eigenvalue weighted by Crippen LogP contribution is 2.32. The number of rotatable bonds is 9. The van der Waals surface area contributed by atoms with Crippen LogP contribution in [0.4, 0.5) is 28.0 Å². The molecule has 0 saturated carbocycles. The maximum Gasteiger partial charge on any atom is 0.416 e. The van der Waals surface area contributed by atoms with Crippen LogP contribution >= 0.6 is 0 Å². The van der Waals surface area contributed by atoms with Crippen LogP contribution in [0.15, 0.2) is 94.4 Å². The van der Waals surface area contributed by atoms with E-state index in [1.54, 1.807) is 18.2 Å². The van der Waals surface area contributed by atoms with E-state index in [0.717, 1.165) is 48.5 Å². The van der Waals surface area contributed by atoms with Crippen molar-refractivity contribution in [3.05, 3.63) is 108 Å². The summed E-state index contributed by atoms with van der Waals surface area (Å²) in [5, 5.41) is 2.55. The van der Waals surface area contributed by atoms with Gasteiger partial charge in [0, 0.05) is 12.2 Å². The Morgan fingerprint density at radius 1 is 0.950 bits per heavy atom. The zero-order valence-corrected chi connectivity index (χ0v) is 21.6. The number of ether oxygens (including phenoxy) is 1. The van der Waals surface area contributed by atoms with E-state index in [1.165, 1.54) is 30.4 Å². The second-order valence-electron chi connectivity index (χ2n) is 8.42. The lowest BCUT2D eigenvalue weighted by molar-refractivity contribution is -0.137. The Morgan fingerprint density at radius 3 is 2.25 bits per heavy atom. The first-order chi connectivity index (χ1) is 18.9. The Morgan fingerprint density at radius 2 is 1.65 bits per heavy atom. The van der Waals surface area contributed by atoms with Gasteiger partial charge in [0.05, 0.1) is 25.5 Å². The third-order valence-corrected chi connectivity index (χ3v) is 6.83. The molecule has 0 aliphatic carbocycles. The molecule has 40 heavy (non-hydrogen) atoms. The van der Waals surface area contributed by atoms with Crippen molar-refractivity contribution in [2.24, 2.45) is 0 Å². The van der Waals surface area contributed by atoms with Gasteiger partial charge < -0.3 is 23.6 Å². The summed E-state index contributed by atoms with van der Waals surface area (Å²) in [4.78, 5) is 14.2. The van der Waals surface area contributed by atoms with Gasteiger partial charge in [0.2, 0.25) is 0 Å². The molecular weight excluding hydrogens is 556 g/mol. The lowest BCUT2D eigenvalue weighted by Crippen LogP contribution is -2.34. The fourth-order valence-electron chi connectivity index (χ4n) is 3.61. The summed E-state index contributed by atoms with van der Waals surface area (Å²) in [6.07, 6.45) is -3.10. The van der Waals surface area contributed by atoms with E-state index in [2.05, 4.69) is 5.32 Å². The second kappa shape index (κ2) is 11.7. The van der Waals surface area contributed by atoms with E-state index < -0.39 is 33.7 Å². The molecule has 0 radical (unpaired) electrons. The Kier molecular flexibility index (Phi) is 8.33. The molecule has 0 aliphatic rings. The minimum absolute atomic E-state index is 0.0183. The van der Waals surface area contributed by atoms with Gasteiger partial charge in [0.15, 0.2) is 11.5 Å². The van der Waals surface area contributed by atoms with Crippen molar-refractivity contribution in [2.75, 3.05) is 12.4 Å². The quantitative estimate of drug-likeness (QED) is 0.181. The molecule has 0 atom stereocenters. The number of alkyl halides is 3. The van der Waals surface area contributed by atoms with E-state index in [4.69, 9.17) is 13.3 Å². The zero-order valence-electron chi connectivity index (χ0n) is 20.8. The molecule has 1 aromatic heterocycles. The Bertz CT molecular complexity index is 1560. The van der Waals surface area contributed by atoms with Gasteiger partial charge in [-0.3, -0.25) is 0 Å². The van der Waals surface area contributed by atoms with Gasteiger partial charge in [0.25, 0.3) is 0 Å². The molecule has 4 rings (SSSR count). The number of nitrogens with one attached hydrogen (secondary N) is 1. The van der Waals surface area contributed by atoms with E-state index in [1.807, 2.05) is 0 Å². The number of furan rings is 1. The van der Waals surface area contributed by atoms with E-state index in [9.17, 15) is 30.8 Å². The lowest BCUT2D eigenvalue weighted by atomic mass is 10.2.